The van der Waals surface area contributed by atoms with Crippen molar-refractivity contribution in [2.75, 3.05) is 5.32 Å². The fraction of sp³-hybridized carbons (Fsp3) is 0.333. The number of anilines is 1. The minimum absolute atomic E-state index is 0.0466. The molecule has 0 bridgehead atoms. The van der Waals surface area contributed by atoms with Gasteiger partial charge in [-0.15, -0.1) is 0 Å². The molecule has 1 aromatic carbocycles. The van der Waals surface area contributed by atoms with Crippen molar-refractivity contribution < 1.29 is 4.79 Å². The number of nitrogens with zero attached hydrogens (tertiary/aromatic N) is 2. The van der Waals surface area contributed by atoms with E-state index in [9.17, 15) is 4.79 Å². The highest BCUT2D eigenvalue weighted by Crippen LogP contribution is 2.22. The Morgan fingerprint density at radius 2 is 2.23 bits per heavy atom. The topological polar surface area (TPSA) is 46.9 Å². The summed E-state index contributed by atoms with van der Waals surface area (Å²) in [6.07, 6.45) is 6.98. The number of allylic oxidation sites excluding steroid dienone is 2. The summed E-state index contributed by atoms with van der Waals surface area (Å²) >= 11 is 0. The van der Waals surface area contributed by atoms with Gasteiger partial charge >= 0.3 is 0 Å². The first-order chi connectivity index (χ1) is 10.6. The van der Waals surface area contributed by atoms with Gasteiger partial charge in [0.2, 0.25) is 5.91 Å². The first kappa shape index (κ1) is 14.6. The molecule has 114 valence electrons. The van der Waals surface area contributed by atoms with Gasteiger partial charge in [0.25, 0.3) is 0 Å². The number of carbonyl (C=O) groups is 1. The van der Waals surface area contributed by atoms with Gasteiger partial charge in [0.1, 0.15) is 5.82 Å². The van der Waals surface area contributed by atoms with Crippen LogP contribution in [0.1, 0.15) is 30.5 Å². The summed E-state index contributed by atoms with van der Waals surface area (Å²) in [6.45, 7) is 3.98. The van der Waals surface area contributed by atoms with E-state index in [1.807, 2.05) is 38.1 Å². The Hall–Kier alpha value is -2.36. The molecule has 4 heteroatoms. The highest BCUT2D eigenvalue weighted by Gasteiger charge is 2.16. The average molecular weight is 295 g/mol. The molecule has 1 N–H and O–H groups in total. The molecule has 0 aliphatic heterocycles. The normalized spacial score (nSPS) is 16.9. The third kappa shape index (κ3) is 3.27. The predicted molar refractivity (Wildman–Crippen MR) is 88.1 cm³/mol. The molecule has 1 aromatic heterocycles. The van der Waals surface area contributed by atoms with Crippen LogP contribution in [0.4, 0.5) is 5.82 Å². The quantitative estimate of drug-likeness (QED) is 0.872. The van der Waals surface area contributed by atoms with E-state index in [1.165, 1.54) is 5.56 Å². The summed E-state index contributed by atoms with van der Waals surface area (Å²) in [5, 5.41) is 7.50. The summed E-state index contributed by atoms with van der Waals surface area (Å²) in [5.74, 6) is 1.15. The highest BCUT2D eigenvalue weighted by atomic mass is 16.1. The van der Waals surface area contributed by atoms with Crippen LogP contribution >= 0.6 is 0 Å². The minimum atomic E-state index is 0.0466. The van der Waals surface area contributed by atoms with E-state index < -0.39 is 0 Å². The van der Waals surface area contributed by atoms with Crippen molar-refractivity contribution in [1.29, 1.82) is 0 Å². The molecular weight excluding hydrogens is 274 g/mol. The van der Waals surface area contributed by atoms with E-state index in [-0.39, 0.29) is 5.91 Å². The lowest BCUT2D eigenvalue weighted by Gasteiger charge is -2.11. The van der Waals surface area contributed by atoms with Crippen molar-refractivity contribution in [3.8, 4) is 5.69 Å². The van der Waals surface area contributed by atoms with Crippen LogP contribution in [0.15, 0.2) is 42.5 Å². The number of rotatable bonds is 4. The largest absolute Gasteiger partial charge is 0.311 e. The monoisotopic (exact) mass is 295 g/mol. The summed E-state index contributed by atoms with van der Waals surface area (Å²) < 4.78 is 1.80. The summed E-state index contributed by atoms with van der Waals surface area (Å²) in [5.41, 5.74) is 3.01. The fourth-order valence-corrected chi connectivity index (χ4v) is 2.84. The average Bonchev–Trinajstić information content (AvgIpc) is 3.08. The van der Waals surface area contributed by atoms with Crippen LogP contribution in [0, 0.1) is 19.8 Å². The first-order valence-electron chi connectivity index (χ1n) is 7.72. The van der Waals surface area contributed by atoms with Crippen LogP contribution < -0.4 is 5.32 Å². The Kier molecular flexibility index (Phi) is 4.09. The molecule has 1 atom stereocenters. The zero-order valence-electron chi connectivity index (χ0n) is 13.0. The Morgan fingerprint density at radius 1 is 1.36 bits per heavy atom. The van der Waals surface area contributed by atoms with Crippen molar-refractivity contribution in [2.45, 2.75) is 33.1 Å². The highest BCUT2D eigenvalue weighted by molar-refractivity contribution is 5.90. The third-order valence-electron chi connectivity index (χ3n) is 3.91. The molecule has 1 heterocycles. The van der Waals surface area contributed by atoms with E-state index in [2.05, 4.69) is 28.6 Å². The molecule has 0 fully saturated rings. The summed E-state index contributed by atoms with van der Waals surface area (Å²) in [4.78, 5) is 12.2. The molecule has 1 unspecified atom stereocenters. The maximum Gasteiger partial charge on any atom is 0.226 e. The van der Waals surface area contributed by atoms with E-state index in [0.717, 1.165) is 30.0 Å². The van der Waals surface area contributed by atoms with Crippen molar-refractivity contribution in [3.05, 3.63) is 53.7 Å². The fourth-order valence-electron chi connectivity index (χ4n) is 2.84. The van der Waals surface area contributed by atoms with Crippen LogP contribution in [0.3, 0.4) is 0 Å². The summed E-state index contributed by atoms with van der Waals surface area (Å²) in [6, 6.07) is 10.0. The van der Waals surface area contributed by atoms with Gasteiger partial charge in [0.15, 0.2) is 0 Å². The maximum absolute atomic E-state index is 12.2. The van der Waals surface area contributed by atoms with Crippen molar-refractivity contribution in [2.24, 2.45) is 5.92 Å². The molecular formula is C18H21N3O. The maximum atomic E-state index is 12.2. The molecule has 22 heavy (non-hydrogen) atoms. The number of carbonyl (C=O) groups excluding carboxylic acids is 1. The molecule has 1 aliphatic carbocycles. The van der Waals surface area contributed by atoms with Gasteiger partial charge in [0.05, 0.1) is 11.4 Å². The van der Waals surface area contributed by atoms with Crippen LogP contribution in [-0.4, -0.2) is 15.7 Å². The standard InChI is InChI=1S/C18H21N3O/c1-13-6-5-9-16(10-13)21-17(11-14(2)20-21)19-18(22)12-15-7-3-4-8-15/h3,5-7,9-11,15H,4,8,12H2,1-2H3,(H,19,22). The van der Waals surface area contributed by atoms with Gasteiger partial charge in [-0.05, 0) is 50.3 Å². The predicted octanol–water partition coefficient (Wildman–Crippen LogP) is 3.78. The van der Waals surface area contributed by atoms with Gasteiger partial charge < -0.3 is 5.32 Å². The second kappa shape index (κ2) is 6.18. The molecule has 3 rings (SSSR count). The number of hydrogen-bond donors (Lipinski definition) is 1. The Balaban J connectivity index is 1.79. The Labute approximate surface area is 130 Å². The van der Waals surface area contributed by atoms with Gasteiger partial charge in [-0.1, -0.05) is 24.3 Å². The number of aryl methyl sites for hydroxylation is 2. The van der Waals surface area contributed by atoms with Gasteiger partial charge in [-0.2, -0.15) is 5.10 Å². The number of nitrogens with one attached hydrogen (secondary N) is 1. The molecule has 0 saturated carbocycles. The molecule has 1 aliphatic rings. The van der Waals surface area contributed by atoms with Crippen LogP contribution in [0.5, 0.6) is 0 Å². The third-order valence-corrected chi connectivity index (χ3v) is 3.91. The second-order valence-electron chi connectivity index (χ2n) is 5.94. The smallest absolute Gasteiger partial charge is 0.226 e. The number of benzene rings is 1. The Morgan fingerprint density at radius 3 is 2.95 bits per heavy atom. The lowest BCUT2D eigenvalue weighted by molar-refractivity contribution is -0.116. The van der Waals surface area contributed by atoms with Crippen molar-refractivity contribution in [1.82, 2.24) is 9.78 Å². The van der Waals surface area contributed by atoms with Crippen LogP contribution in [0.2, 0.25) is 0 Å². The van der Waals surface area contributed by atoms with Crippen LogP contribution in [-0.2, 0) is 4.79 Å². The minimum Gasteiger partial charge on any atom is -0.311 e. The molecule has 0 saturated heterocycles. The number of amides is 1. The van der Waals surface area contributed by atoms with Gasteiger partial charge in [-0.25, -0.2) is 4.68 Å². The van der Waals surface area contributed by atoms with E-state index in [1.54, 1.807) is 4.68 Å². The SMILES string of the molecule is Cc1cccc(-n2nc(C)cc2NC(=O)CC2C=CCC2)c1. The zero-order chi connectivity index (χ0) is 15.5. The molecule has 2 aromatic rings. The number of aromatic nitrogens is 2. The molecule has 1 amide bonds. The van der Waals surface area contributed by atoms with Crippen LogP contribution in [0.25, 0.3) is 5.69 Å². The van der Waals surface area contributed by atoms with Gasteiger partial charge in [-0.3, -0.25) is 4.79 Å². The molecule has 0 radical (unpaired) electrons. The van der Waals surface area contributed by atoms with Gasteiger partial charge in [0, 0.05) is 12.5 Å². The second-order valence-corrected chi connectivity index (χ2v) is 5.94. The van der Waals surface area contributed by atoms with Crippen molar-refractivity contribution >= 4 is 11.7 Å². The van der Waals surface area contributed by atoms with E-state index in [4.69, 9.17) is 0 Å². The lowest BCUT2D eigenvalue weighted by Crippen LogP contribution is -2.17. The molecule has 0 spiro atoms. The Bertz CT molecular complexity index is 715. The zero-order valence-corrected chi connectivity index (χ0v) is 13.0. The van der Waals surface area contributed by atoms with Crippen molar-refractivity contribution in [3.63, 3.8) is 0 Å². The number of hydrogen-bond acceptors (Lipinski definition) is 2. The summed E-state index contributed by atoms with van der Waals surface area (Å²) in [7, 11) is 0. The first-order valence-corrected chi connectivity index (χ1v) is 7.72. The van der Waals surface area contributed by atoms with E-state index >= 15 is 0 Å². The lowest BCUT2D eigenvalue weighted by atomic mass is 10.1. The molecule has 4 nitrogen and oxygen atoms in total. The van der Waals surface area contributed by atoms with E-state index in [0.29, 0.717) is 12.3 Å².